The summed E-state index contributed by atoms with van der Waals surface area (Å²) in [6, 6.07) is 7.45. The van der Waals surface area contributed by atoms with Gasteiger partial charge in [-0.3, -0.25) is 14.9 Å². The number of rotatable bonds is 4. The number of nitrogens with one attached hydrogen (secondary N) is 1. The molecule has 0 bridgehead atoms. The highest BCUT2D eigenvalue weighted by atomic mass is 32.1. The molecule has 25 heavy (non-hydrogen) atoms. The van der Waals surface area contributed by atoms with Gasteiger partial charge in [-0.15, -0.1) is 11.3 Å². The second kappa shape index (κ2) is 6.86. The van der Waals surface area contributed by atoms with Crippen LogP contribution in [0.25, 0.3) is 10.1 Å². The van der Waals surface area contributed by atoms with Crippen LogP contribution < -0.4 is 5.32 Å². The molecule has 0 aliphatic carbocycles. The van der Waals surface area contributed by atoms with Gasteiger partial charge in [0, 0.05) is 10.1 Å². The lowest BCUT2D eigenvalue weighted by atomic mass is 10.1. The molecule has 1 N–H and O–H groups in total. The van der Waals surface area contributed by atoms with E-state index in [2.05, 4.69) is 0 Å². The van der Waals surface area contributed by atoms with Crippen LogP contribution in [0.2, 0.25) is 0 Å². The topological polar surface area (TPSA) is 85.6 Å². The maximum atomic E-state index is 13.9. The van der Waals surface area contributed by atoms with Gasteiger partial charge in [0.05, 0.1) is 6.26 Å². The molecule has 0 saturated heterocycles. The Labute approximate surface area is 145 Å². The lowest BCUT2D eigenvalue weighted by molar-refractivity contribution is -0.123. The van der Waals surface area contributed by atoms with Crippen molar-refractivity contribution in [3.8, 4) is 0 Å². The smallest absolute Gasteiger partial charge is 0.349 e. The summed E-state index contributed by atoms with van der Waals surface area (Å²) in [6.45, 7) is 0.973. The Balaban J connectivity index is 1.65. The van der Waals surface area contributed by atoms with Crippen molar-refractivity contribution in [2.24, 2.45) is 0 Å². The second-order valence-corrected chi connectivity index (χ2v) is 6.15. The number of carbonyl (C=O) groups is 3. The number of fused-ring (bicyclic) bond motifs is 1. The minimum atomic E-state index is -0.792. The number of carbonyl (C=O) groups excluding carboxylic acids is 3. The van der Waals surface area contributed by atoms with Crippen molar-refractivity contribution in [2.45, 2.75) is 6.92 Å². The van der Waals surface area contributed by atoms with E-state index >= 15 is 0 Å². The molecule has 0 radical (unpaired) electrons. The van der Waals surface area contributed by atoms with Gasteiger partial charge in [0.2, 0.25) is 0 Å². The Bertz CT molecular complexity index is 961. The Morgan fingerprint density at radius 2 is 2.04 bits per heavy atom. The first-order valence-corrected chi connectivity index (χ1v) is 8.01. The summed E-state index contributed by atoms with van der Waals surface area (Å²) >= 11 is 1.08. The molecule has 2 heterocycles. The largest absolute Gasteiger partial charge is 0.459 e. The molecule has 2 aromatic heterocycles. The molecule has 128 valence electrons. The van der Waals surface area contributed by atoms with E-state index in [0.29, 0.717) is 15.6 Å². The maximum Gasteiger partial charge on any atom is 0.349 e. The van der Waals surface area contributed by atoms with Crippen molar-refractivity contribution in [3.63, 3.8) is 0 Å². The van der Waals surface area contributed by atoms with Crippen molar-refractivity contribution in [3.05, 3.63) is 58.6 Å². The molecule has 0 aliphatic rings. The molecule has 3 aromatic rings. The quantitative estimate of drug-likeness (QED) is 0.722. The van der Waals surface area contributed by atoms with Gasteiger partial charge in [0.15, 0.2) is 12.4 Å². The normalized spacial score (nSPS) is 10.6. The van der Waals surface area contributed by atoms with Gasteiger partial charge in [0.25, 0.3) is 11.8 Å². The number of benzene rings is 1. The van der Waals surface area contributed by atoms with Gasteiger partial charge < -0.3 is 9.15 Å². The lowest BCUT2D eigenvalue weighted by Gasteiger charge is -2.04. The average molecular weight is 361 g/mol. The molecule has 3 rings (SSSR count). The standard InChI is InChI=1S/C17H12FNO5S/c1-9-14-10(18)4-2-6-12(14)25-15(9)17(22)24-8-13(20)19-16(21)11-5-3-7-23-11/h2-7H,8H2,1H3,(H,19,20,21). The number of aryl methyl sites for hydroxylation is 1. The molecule has 0 spiro atoms. The molecular weight excluding hydrogens is 349 g/mol. The molecule has 6 nitrogen and oxygen atoms in total. The predicted molar refractivity (Wildman–Crippen MR) is 88.0 cm³/mol. The number of hydrogen-bond donors (Lipinski definition) is 1. The third-order valence-electron chi connectivity index (χ3n) is 3.42. The molecule has 0 unspecified atom stereocenters. The van der Waals surface area contributed by atoms with E-state index in [-0.39, 0.29) is 10.6 Å². The fourth-order valence-electron chi connectivity index (χ4n) is 2.28. The van der Waals surface area contributed by atoms with E-state index in [1.54, 1.807) is 19.1 Å². The number of halogens is 1. The minimum Gasteiger partial charge on any atom is -0.459 e. The van der Waals surface area contributed by atoms with Crippen LogP contribution in [0.1, 0.15) is 25.8 Å². The first-order valence-electron chi connectivity index (χ1n) is 7.20. The Morgan fingerprint density at radius 3 is 2.72 bits per heavy atom. The van der Waals surface area contributed by atoms with Crippen LogP contribution in [-0.4, -0.2) is 24.4 Å². The summed E-state index contributed by atoms with van der Waals surface area (Å²) in [5.41, 5.74) is 0.454. The summed E-state index contributed by atoms with van der Waals surface area (Å²) in [5, 5.41) is 2.39. The zero-order valence-corrected chi connectivity index (χ0v) is 13.8. The Morgan fingerprint density at radius 1 is 1.24 bits per heavy atom. The summed E-state index contributed by atoms with van der Waals surface area (Å²) in [6.07, 6.45) is 1.29. The number of thiophene rings is 1. The lowest BCUT2D eigenvalue weighted by Crippen LogP contribution is -2.33. The molecule has 8 heteroatoms. The molecule has 1 aromatic carbocycles. The highest BCUT2D eigenvalue weighted by molar-refractivity contribution is 7.21. The second-order valence-electron chi connectivity index (χ2n) is 5.10. The number of ether oxygens (including phenoxy) is 1. The van der Waals surface area contributed by atoms with Crippen LogP contribution in [0.15, 0.2) is 41.0 Å². The van der Waals surface area contributed by atoms with Gasteiger partial charge in [-0.2, -0.15) is 0 Å². The van der Waals surface area contributed by atoms with Crippen LogP contribution in [0, 0.1) is 12.7 Å². The van der Waals surface area contributed by atoms with E-state index in [4.69, 9.17) is 9.15 Å². The predicted octanol–water partition coefficient (Wildman–Crippen LogP) is 3.06. The van der Waals surface area contributed by atoms with E-state index in [9.17, 15) is 18.8 Å². The number of amides is 2. The molecule has 0 aliphatic heterocycles. The highest BCUT2D eigenvalue weighted by Crippen LogP contribution is 2.32. The van der Waals surface area contributed by atoms with E-state index < -0.39 is 30.2 Å². The SMILES string of the molecule is Cc1c(C(=O)OCC(=O)NC(=O)c2ccco2)sc2cccc(F)c12. The third kappa shape index (κ3) is 3.43. The van der Waals surface area contributed by atoms with Crippen LogP contribution in [0.4, 0.5) is 4.39 Å². The zero-order chi connectivity index (χ0) is 18.0. The summed E-state index contributed by atoms with van der Waals surface area (Å²) in [5.74, 6) is -2.73. The minimum absolute atomic E-state index is 0.0319. The monoisotopic (exact) mass is 361 g/mol. The van der Waals surface area contributed by atoms with Gasteiger partial charge in [-0.1, -0.05) is 6.07 Å². The number of esters is 1. The van der Waals surface area contributed by atoms with Crippen molar-refractivity contribution in [2.75, 3.05) is 6.61 Å². The van der Waals surface area contributed by atoms with Gasteiger partial charge in [-0.05, 0) is 36.8 Å². The van der Waals surface area contributed by atoms with Crippen LogP contribution in [-0.2, 0) is 9.53 Å². The first kappa shape index (κ1) is 16.8. The molecule has 2 amide bonds. The van der Waals surface area contributed by atoms with Crippen molar-refractivity contribution >= 4 is 39.2 Å². The molecule has 0 atom stereocenters. The van der Waals surface area contributed by atoms with Gasteiger partial charge in [0.1, 0.15) is 10.7 Å². The summed E-state index contributed by atoms with van der Waals surface area (Å²) in [7, 11) is 0. The van der Waals surface area contributed by atoms with Crippen molar-refractivity contribution in [1.82, 2.24) is 5.32 Å². The van der Waals surface area contributed by atoms with Gasteiger partial charge in [-0.25, -0.2) is 9.18 Å². The first-order chi connectivity index (χ1) is 12.0. The van der Waals surface area contributed by atoms with Crippen LogP contribution in [0.5, 0.6) is 0 Å². The Kier molecular flexibility index (Phi) is 4.62. The average Bonchev–Trinajstić information content (AvgIpc) is 3.21. The summed E-state index contributed by atoms with van der Waals surface area (Å²) < 4.78 is 24.2. The fourth-order valence-corrected chi connectivity index (χ4v) is 3.39. The molecular formula is C17H12FNO5S. The van der Waals surface area contributed by atoms with Gasteiger partial charge >= 0.3 is 5.97 Å². The maximum absolute atomic E-state index is 13.9. The fraction of sp³-hybridized carbons (Fsp3) is 0.118. The zero-order valence-electron chi connectivity index (χ0n) is 13.0. The summed E-state index contributed by atoms with van der Waals surface area (Å²) in [4.78, 5) is 35.7. The van der Waals surface area contributed by atoms with Crippen LogP contribution >= 0.6 is 11.3 Å². The Hall–Kier alpha value is -3.00. The number of imide groups is 1. The highest BCUT2D eigenvalue weighted by Gasteiger charge is 2.20. The number of hydrogen-bond acceptors (Lipinski definition) is 6. The van der Waals surface area contributed by atoms with Crippen molar-refractivity contribution in [1.29, 1.82) is 0 Å². The van der Waals surface area contributed by atoms with Crippen LogP contribution in [0.3, 0.4) is 0 Å². The molecule has 0 fully saturated rings. The van der Waals surface area contributed by atoms with E-state index in [1.807, 2.05) is 5.32 Å². The van der Waals surface area contributed by atoms with E-state index in [0.717, 1.165) is 11.3 Å². The molecule has 0 saturated carbocycles. The van der Waals surface area contributed by atoms with Crippen molar-refractivity contribution < 1.29 is 27.9 Å². The third-order valence-corrected chi connectivity index (χ3v) is 4.66. The number of furan rings is 1. The van der Waals surface area contributed by atoms with E-state index in [1.165, 1.54) is 24.5 Å².